The summed E-state index contributed by atoms with van der Waals surface area (Å²) in [5.41, 5.74) is 2.48. The zero-order valence-electron chi connectivity index (χ0n) is 17.7. The lowest BCUT2D eigenvalue weighted by Crippen LogP contribution is -2.48. The second-order valence-electron chi connectivity index (χ2n) is 8.21. The fourth-order valence-electron chi connectivity index (χ4n) is 3.91. The van der Waals surface area contributed by atoms with E-state index in [1.165, 1.54) is 0 Å². The van der Waals surface area contributed by atoms with Crippen LogP contribution < -0.4 is 15.8 Å². The van der Waals surface area contributed by atoms with Gasteiger partial charge in [0.2, 0.25) is 5.95 Å². The van der Waals surface area contributed by atoms with Crippen molar-refractivity contribution >= 4 is 17.2 Å². The topological polar surface area (TPSA) is 108 Å². The monoisotopic (exact) mass is 441 g/mol. The molecule has 0 spiro atoms. The largest absolute Gasteiger partial charge is 0.377 e. The number of halogens is 1. The molecule has 0 aromatic carbocycles. The number of nitrogens with one attached hydrogen (secondary N) is 2. The van der Waals surface area contributed by atoms with Crippen LogP contribution in [0, 0.1) is 12.9 Å². The molecule has 2 saturated heterocycles. The number of pyridine rings is 1. The third-order valence-corrected chi connectivity index (χ3v) is 5.84. The second kappa shape index (κ2) is 8.32. The van der Waals surface area contributed by atoms with E-state index in [2.05, 4.69) is 25.3 Å². The number of fused-ring (bicyclic) bond motifs is 1. The van der Waals surface area contributed by atoms with E-state index in [1.54, 1.807) is 29.8 Å². The van der Waals surface area contributed by atoms with Gasteiger partial charge in [-0.05, 0) is 19.1 Å². The van der Waals surface area contributed by atoms with E-state index in [4.69, 9.17) is 4.74 Å². The summed E-state index contributed by atoms with van der Waals surface area (Å²) in [4.78, 5) is 34.8. The molecular weight excluding hydrogens is 417 g/mol. The quantitative estimate of drug-likeness (QED) is 0.549. The maximum Gasteiger partial charge on any atom is 0.270 e. The van der Waals surface area contributed by atoms with Gasteiger partial charge in [-0.25, -0.2) is 9.50 Å². The van der Waals surface area contributed by atoms with E-state index in [0.717, 1.165) is 18.8 Å². The number of nitrogens with zero attached hydrogens (tertiary/aromatic N) is 5. The van der Waals surface area contributed by atoms with Gasteiger partial charge in [-0.1, -0.05) is 0 Å². The van der Waals surface area contributed by atoms with E-state index in [-0.39, 0.29) is 17.3 Å². The minimum absolute atomic E-state index is 0.0303. The standard InChI is InChI=1S/C21H24FN7O3/c1-13-9-29-18(25-20(13)30)8-14(26-29)10-27-4-6-28(7-5-27)17-3-2-16(24-19(17)22)21(31)23-15-11-32-12-15/h2-3,8-9,15H,4-7,10-12H2,1H3,(H,23,31)(H,25,30). The third-order valence-electron chi connectivity index (χ3n) is 5.84. The average Bonchev–Trinajstić information content (AvgIpc) is 3.12. The molecule has 0 unspecified atom stereocenters. The first kappa shape index (κ1) is 20.6. The van der Waals surface area contributed by atoms with Gasteiger partial charge >= 0.3 is 0 Å². The van der Waals surface area contributed by atoms with E-state index >= 15 is 0 Å². The van der Waals surface area contributed by atoms with Crippen LogP contribution in [0.5, 0.6) is 0 Å². The Morgan fingerprint density at radius 2 is 2.06 bits per heavy atom. The number of aromatic nitrogens is 4. The summed E-state index contributed by atoms with van der Waals surface area (Å²) in [5, 5.41) is 7.30. The molecule has 3 aromatic rings. The SMILES string of the molecule is Cc1cn2nc(CN3CCN(c4ccc(C(=O)NC5COC5)nc4F)CC3)cc2[nH]c1=O. The predicted molar refractivity (Wildman–Crippen MR) is 114 cm³/mol. The van der Waals surface area contributed by atoms with Gasteiger partial charge in [0.1, 0.15) is 11.3 Å². The van der Waals surface area contributed by atoms with Crippen LogP contribution in [0.3, 0.4) is 0 Å². The molecule has 32 heavy (non-hydrogen) atoms. The molecule has 168 valence electrons. The number of anilines is 1. The van der Waals surface area contributed by atoms with E-state index in [0.29, 0.717) is 49.7 Å². The Bertz CT molecular complexity index is 1210. The number of carbonyl (C=O) groups is 1. The number of hydrogen-bond acceptors (Lipinski definition) is 7. The van der Waals surface area contributed by atoms with Gasteiger partial charge in [0.15, 0.2) is 0 Å². The van der Waals surface area contributed by atoms with Crippen LogP contribution in [0.25, 0.3) is 5.65 Å². The highest BCUT2D eigenvalue weighted by Crippen LogP contribution is 2.21. The smallest absolute Gasteiger partial charge is 0.270 e. The molecule has 11 heteroatoms. The Hall–Kier alpha value is -3.31. The fraction of sp³-hybridized carbons (Fsp3) is 0.429. The summed E-state index contributed by atoms with van der Waals surface area (Å²) in [5.74, 6) is -1.03. The molecule has 3 aromatic heterocycles. The zero-order valence-corrected chi connectivity index (χ0v) is 17.7. The van der Waals surface area contributed by atoms with Crippen molar-refractivity contribution in [3.8, 4) is 0 Å². The Morgan fingerprint density at radius 3 is 2.75 bits per heavy atom. The molecule has 5 rings (SSSR count). The minimum atomic E-state index is -0.643. The molecule has 0 atom stereocenters. The molecule has 2 aliphatic heterocycles. The Labute approximate surface area is 183 Å². The van der Waals surface area contributed by atoms with Gasteiger partial charge in [-0.2, -0.15) is 9.49 Å². The predicted octanol–water partition coefficient (Wildman–Crippen LogP) is 0.316. The van der Waals surface area contributed by atoms with Gasteiger partial charge < -0.3 is 19.9 Å². The molecule has 2 fully saturated rings. The lowest BCUT2D eigenvalue weighted by atomic mass is 10.2. The first-order chi connectivity index (χ1) is 15.5. The minimum Gasteiger partial charge on any atom is -0.377 e. The average molecular weight is 441 g/mol. The van der Waals surface area contributed by atoms with Gasteiger partial charge in [-0.15, -0.1) is 0 Å². The van der Waals surface area contributed by atoms with E-state index in [1.807, 2.05) is 11.0 Å². The van der Waals surface area contributed by atoms with Crippen molar-refractivity contribution in [2.75, 3.05) is 44.3 Å². The number of rotatable bonds is 5. The number of amides is 1. The third kappa shape index (κ3) is 4.08. The summed E-state index contributed by atoms with van der Waals surface area (Å²) in [6.07, 6.45) is 1.72. The number of ether oxygens (including phenoxy) is 1. The summed E-state index contributed by atoms with van der Waals surface area (Å²) in [6, 6.07) is 5.01. The Kier molecular flexibility index (Phi) is 5.35. The van der Waals surface area contributed by atoms with Crippen molar-refractivity contribution in [2.45, 2.75) is 19.5 Å². The summed E-state index contributed by atoms with van der Waals surface area (Å²) in [7, 11) is 0. The van der Waals surface area contributed by atoms with Gasteiger partial charge in [-0.3, -0.25) is 14.5 Å². The van der Waals surface area contributed by atoms with Crippen LogP contribution in [-0.2, 0) is 11.3 Å². The maximum absolute atomic E-state index is 14.6. The molecular formula is C21H24FN7O3. The highest BCUT2D eigenvalue weighted by molar-refractivity contribution is 5.92. The van der Waals surface area contributed by atoms with Crippen molar-refractivity contribution in [1.29, 1.82) is 0 Å². The molecule has 0 saturated carbocycles. The Morgan fingerprint density at radius 1 is 1.28 bits per heavy atom. The lowest BCUT2D eigenvalue weighted by Gasteiger charge is -2.35. The first-order valence-electron chi connectivity index (χ1n) is 10.6. The van der Waals surface area contributed by atoms with Crippen molar-refractivity contribution in [2.24, 2.45) is 0 Å². The molecule has 0 aliphatic carbocycles. The van der Waals surface area contributed by atoms with Crippen LogP contribution >= 0.6 is 0 Å². The van der Waals surface area contributed by atoms with Crippen LogP contribution in [0.4, 0.5) is 10.1 Å². The number of aryl methyl sites for hydroxylation is 1. The highest BCUT2D eigenvalue weighted by atomic mass is 19.1. The number of piperazine rings is 1. The van der Waals surface area contributed by atoms with Crippen molar-refractivity contribution in [3.63, 3.8) is 0 Å². The van der Waals surface area contributed by atoms with Gasteiger partial charge in [0.25, 0.3) is 11.5 Å². The van der Waals surface area contributed by atoms with Crippen LogP contribution in [0.1, 0.15) is 21.7 Å². The van der Waals surface area contributed by atoms with Crippen LogP contribution in [-0.4, -0.2) is 75.8 Å². The highest BCUT2D eigenvalue weighted by Gasteiger charge is 2.24. The van der Waals surface area contributed by atoms with Gasteiger partial charge in [0, 0.05) is 50.6 Å². The van der Waals surface area contributed by atoms with Crippen molar-refractivity contribution in [3.05, 3.63) is 57.6 Å². The molecule has 5 heterocycles. The molecule has 2 aliphatic rings. The molecule has 2 N–H and O–H groups in total. The Balaban J connectivity index is 1.20. The second-order valence-corrected chi connectivity index (χ2v) is 8.21. The van der Waals surface area contributed by atoms with E-state index in [9.17, 15) is 14.0 Å². The molecule has 0 radical (unpaired) electrons. The summed E-state index contributed by atoms with van der Waals surface area (Å²) in [6.45, 7) is 6.06. The maximum atomic E-state index is 14.6. The van der Waals surface area contributed by atoms with Crippen LogP contribution in [0.2, 0.25) is 0 Å². The molecule has 10 nitrogen and oxygen atoms in total. The normalized spacial score (nSPS) is 17.5. The zero-order chi connectivity index (χ0) is 22.2. The van der Waals surface area contributed by atoms with Crippen molar-refractivity contribution in [1.82, 2.24) is 29.8 Å². The molecule has 1 amide bonds. The van der Waals surface area contributed by atoms with Crippen LogP contribution in [0.15, 0.2) is 29.2 Å². The number of carbonyl (C=O) groups excluding carboxylic acids is 1. The number of hydrogen-bond donors (Lipinski definition) is 2. The van der Waals surface area contributed by atoms with Gasteiger partial charge in [0.05, 0.1) is 30.6 Å². The molecule has 0 bridgehead atoms. The fourth-order valence-corrected chi connectivity index (χ4v) is 3.91. The first-order valence-corrected chi connectivity index (χ1v) is 10.6. The number of H-pyrrole nitrogens is 1. The summed E-state index contributed by atoms with van der Waals surface area (Å²) >= 11 is 0. The van der Waals surface area contributed by atoms with E-state index < -0.39 is 11.9 Å². The lowest BCUT2D eigenvalue weighted by molar-refractivity contribution is -0.00356. The summed E-state index contributed by atoms with van der Waals surface area (Å²) < 4.78 is 21.3. The van der Waals surface area contributed by atoms with Crippen molar-refractivity contribution < 1.29 is 13.9 Å². The number of aromatic amines is 1.